The summed E-state index contributed by atoms with van der Waals surface area (Å²) in [5, 5.41) is 0. The molecular weight excluding hydrogens is 222 g/mol. The van der Waals surface area contributed by atoms with Crippen LogP contribution in [0.25, 0.3) is 0 Å². The number of imidazole rings is 1. The lowest BCUT2D eigenvalue weighted by atomic mass is 9.88. The van der Waals surface area contributed by atoms with Gasteiger partial charge in [0.15, 0.2) is 0 Å². The summed E-state index contributed by atoms with van der Waals surface area (Å²) in [6.07, 6.45) is 10.1. The molecule has 0 bridgehead atoms. The van der Waals surface area contributed by atoms with E-state index < -0.39 is 0 Å². The molecule has 0 unspecified atom stereocenters. The largest absolute Gasteiger partial charge is 0.384 e. The summed E-state index contributed by atoms with van der Waals surface area (Å²) >= 11 is 0. The molecule has 0 aromatic carbocycles. The molecule has 0 saturated heterocycles. The van der Waals surface area contributed by atoms with Crippen LogP contribution < -0.4 is 5.73 Å². The first-order valence-electron chi connectivity index (χ1n) is 7.62. The first kappa shape index (κ1) is 13.4. The van der Waals surface area contributed by atoms with E-state index in [1.165, 1.54) is 50.8 Å². The smallest absolute Gasteiger partial charge is 0.126 e. The minimum atomic E-state index is 0.649. The van der Waals surface area contributed by atoms with Gasteiger partial charge in [-0.05, 0) is 32.6 Å². The minimum Gasteiger partial charge on any atom is -0.384 e. The number of nitrogens with zero attached hydrogens (tertiary/aromatic N) is 2. The van der Waals surface area contributed by atoms with Crippen LogP contribution >= 0.6 is 0 Å². The Morgan fingerprint density at radius 3 is 2.56 bits per heavy atom. The van der Waals surface area contributed by atoms with Crippen LogP contribution in [0.4, 0.5) is 5.82 Å². The molecule has 2 rings (SSSR count). The molecule has 2 N–H and O–H groups in total. The highest BCUT2D eigenvalue weighted by Crippen LogP contribution is 2.34. The van der Waals surface area contributed by atoms with Gasteiger partial charge >= 0.3 is 0 Å². The van der Waals surface area contributed by atoms with E-state index >= 15 is 0 Å². The fraction of sp³-hybridized carbons (Fsp3) is 0.800. The molecule has 1 fully saturated rings. The Morgan fingerprint density at radius 1 is 1.22 bits per heavy atom. The lowest BCUT2D eigenvalue weighted by Crippen LogP contribution is -2.12. The van der Waals surface area contributed by atoms with Crippen molar-refractivity contribution in [3.8, 4) is 0 Å². The van der Waals surface area contributed by atoms with E-state index in [0.29, 0.717) is 5.92 Å². The first-order chi connectivity index (χ1) is 8.77. The third-order valence-corrected chi connectivity index (χ3v) is 4.17. The zero-order valence-corrected chi connectivity index (χ0v) is 11.9. The topological polar surface area (TPSA) is 43.8 Å². The van der Waals surface area contributed by atoms with Crippen molar-refractivity contribution in [2.45, 2.75) is 77.7 Å². The van der Waals surface area contributed by atoms with Crippen LogP contribution in [-0.4, -0.2) is 9.55 Å². The van der Waals surface area contributed by atoms with Crippen LogP contribution in [0.5, 0.6) is 0 Å². The Balaban J connectivity index is 2.22. The Labute approximate surface area is 111 Å². The van der Waals surface area contributed by atoms with Gasteiger partial charge in [0.1, 0.15) is 11.6 Å². The number of hydrogen-bond acceptors (Lipinski definition) is 2. The highest BCUT2D eigenvalue weighted by Gasteiger charge is 2.23. The van der Waals surface area contributed by atoms with Gasteiger partial charge in [-0.2, -0.15) is 0 Å². The SMILES string of the molecule is CCCCc1nc(C2CCCCC2)n(CC)c1N. The molecule has 1 heterocycles. The minimum absolute atomic E-state index is 0.649. The first-order valence-corrected chi connectivity index (χ1v) is 7.62. The summed E-state index contributed by atoms with van der Waals surface area (Å²) in [5.74, 6) is 2.84. The molecule has 3 nitrogen and oxygen atoms in total. The zero-order chi connectivity index (χ0) is 13.0. The van der Waals surface area contributed by atoms with E-state index in [2.05, 4.69) is 18.4 Å². The van der Waals surface area contributed by atoms with Gasteiger partial charge in [0, 0.05) is 12.5 Å². The van der Waals surface area contributed by atoms with Crippen molar-refractivity contribution < 1.29 is 0 Å². The van der Waals surface area contributed by atoms with Gasteiger partial charge in [-0.3, -0.25) is 0 Å². The van der Waals surface area contributed by atoms with Crippen LogP contribution in [-0.2, 0) is 13.0 Å². The van der Waals surface area contributed by atoms with Gasteiger partial charge in [-0.1, -0.05) is 32.6 Å². The Bertz CT molecular complexity index is 375. The van der Waals surface area contributed by atoms with Crippen molar-refractivity contribution in [2.75, 3.05) is 5.73 Å². The van der Waals surface area contributed by atoms with Crippen molar-refractivity contribution in [3.05, 3.63) is 11.5 Å². The third kappa shape index (κ3) is 2.70. The standard InChI is InChI=1S/C15H27N3/c1-3-5-11-13-14(16)18(4-2)15(17-13)12-9-7-6-8-10-12/h12H,3-11,16H2,1-2H3. The monoisotopic (exact) mass is 249 g/mol. The Morgan fingerprint density at radius 2 is 1.94 bits per heavy atom. The Kier molecular flexibility index (Phi) is 4.67. The van der Waals surface area contributed by atoms with Crippen LogP contribution in [0.2, 0.25) is 0 Å². The second-order valence-corrected chi connectivity index (χ2v) is 5.48. The number of rotatable bonds is 5. The van der Waals surface area contributed by atoms with Gasteiger partial charge in [-0.15, -0.1) is 0 Å². The number of nitrogens with two attached hydrogens (primary N) is 1. The highest BCUT2D eigenvalue weighted by molar-refractivity contribution is 5.39. The van der Waals surface area contributed by atoms with Gasteiger partial charge in [0.2, 0.25) is 0 Å². The summed E-state index contributed by atoms with van der Waals surface area (Å²) in [7, 11) is 0. The fourth-order valence-electron chi connectivity index (χ4n) is 3.07. The Hall–Kier alpha value is -0.990. The maximum absolute atomic E-state index is 6.26. The molecule has 0 spiro atoms. The number of unbranched alkanes of at least 4 members (excludes halogenated alkanes) is 1. The molecule has 1 aliphatic rings. The second-order valence-electron chi connectivity index (χ2n) is 5.48. The predicted molar refractivity (Wildman–Crippen MR) is 76.8 cm³/mol. The average molecular weight is 249 g/mol. The van der Waals surface area contributed by atoms with Crippen molar-refractivity contribution >= 4 is 5.82 Å². The summed E-state index contributed by atoms with van der Waals surface area (Å²) in [6, 6.07) is 0. The molecule has 0 amide bonds. The van der Waals surface area contributed by atoms with Gasteiger partial charge in [0.25, 0.3) is 0 Å². The molecule has 0 atom stereocenters. The lowest BCUT2D eigenvalue weighted by Gasteiger charge is -2.21. The lowest BCUT2D eigenvalue weighted by molar-refractivity contribution is 0.417. The van der Waals surface area contributed by atoms with Crippen LogP contribution in [0, 0.1) is 0 Å². The summed E-state index contributed by atoms with van der Waals surface area (Å²) < 4.78 is 2.25. The van der Waals surface area contributed by atoms with Crippen molar-refractivity contribution in [3.63, 3.8) is 0 Å². The predicted octanol–water partition coefficient (Wildman–Crippen LogP) is 3.88. The number of nitrogen functional groups attached to an aromatic ring is 1. The molecule has 1 saturated carbocycles. The van der Waals surface area contributed by atoms with Gasteiger partial charge in [0.05, 0.1) is 5.69 Å². The van der Waals surface area contributed by atoms with Crippen molar-refractivity contribution in [2.24, 2.45) is 0 Å². The highest BCUT2D eigenvalue weighted by atomic mass is 15.1. The number of anilines is 1. The molecule has 3 heteroatoms. The van der Waals surface area contributed by atoms with Crippen LogP contribution in [0.15, 0.2) is 0 Å². The number of aromatic nitrogens is 2. The molecular formula is C15H27N3. The average Bonchev–Trinajstić information content (AvgIpc) is 2.74. The molecule has 0 aliphatic heterocycles. The molecule has 1 aromatic rings. The summed E-state index contributed by atoms with van der Waals surface area (Å²) in [4.78, 5) is 4.88. The quantitative estimate of drug-likeness (QED) is 0.860. The molecule has 102 valence electrons. The van der Waals surface area contributed by atoms with E-state index in [1.54, 1.807) is 0 Å². The van der Waals surface area contributed by atoms with E-state index in [9.17, 15) is 0 Å². The maximum atomic E-state index is 6.26. The normalized spacial score (nSPS) is 17.2. The second kappa shape index (κ2) is 6.26. The molecule has 1 aromatic heterocycles. The maximum Gasteiger partial charge on any atom is 0.126 e. The zero-order valence-electron chi connectivity index (χ0n) is 11.9. The summed E-state index contributed by atoms with van der Waals surface area (Å²) in [6.45, 7) is 5.35. The third-order valence-electron chi connectivity index (χ3n) is 4.17. The number of aryl methyl sites for hydroxylation is 1. The fourth-order valence-corrected chi connectivity index (χ4v) is 3.07. The van der Waals surface area contributed by atoms with E-state index in [4.69, 9.17) is 10.7 Å². The number of hydrogen-bond donors (Lipinski definition) is 1. The van der Waals surface area contributed by atoms with E-state index in [-0.39, 0.29) is 0 Å². The molecule has 1 aliphatic carbocycles. The molecule has 18 heavy (non-hydrogen) atoms. The summed E-state index contributed by atoms with van der Waals surface area (Å²) in [5.41, 5.74) is 7.40. The van der Waals surface area contributed by atoms with Gasteiger partial charge < -0.3 is 10.3 Å². The van der Waals surface area contributed by atoms with Crippen molar-refractivity contribution in [1.82, 2.24) is 9.55 Å². The van der Waals surface area contributed by atoms with Crippen LogP contribution in [0.1, 0.15) is 76.2 Å². The van der Waals surface area contributed by atoms with Crippen LogP contribution in [0.3, 0.4) is 0 Å². The van der Waals surface area contributed by atoms with E-state index in [0.717, 1.165) is 24.5 Å². The van der Waals surface area contributed by atoms with E-state index in [1.807, 2.05) is 0 Å². The van der Waals surface area contributed by atoms with Crippen molar-refractivity contribution in [1.29, 1.82) is 0 Å². The molecule has 0 radical (unpaired) electrons. The van der Waals surface area contributed by atoms with Gasteiger partial charge in [-0.25, -0.2) is 4.98 Å².